The summed E-state index contributed by atoms with van der Waals surface area (Å²) in [6, 6.07) is 14.0. The standard InChI is InChI=1S/C20H25NO4S/c1-4-26(23,24)19-8-6-5-7-18(19)20(22)21-13-16-9-11-17(12-10-16)14-25-15(2)3/h5-12,15H,4,13-14H2,1-3H3,(H,21,22). The largest absolute Gasteiger partial charge is 0.374 e. The molecule has 0 bridgehead atoms. The summed E-state index contributed by atoms with van der Waals surface area (Å²) in [5.41, 5.74) is 2.17. The van der Waals surface area contributed by atoms with Crippen LogP contribution in [0, 0.1) is 0 Å². The molecule has 0 heterocycles. The average molecular weight is 375 g/mol. The molecule has 1 amide bonds. The molecule has 0 aliphatic heterocycles. The summed E-state index contributed by atoms with van der Waals surface area (Å²) in [6.07, 6.45) is 0.174. The molecular weight excluding hydrogens is 350 g/mol. The third kappa shape index (κ3) is 5.41. The number of hydrogen-bond donors (Lipinski definition) is 1. The minimum Gasteiger partial charge on any atom is -0.374 e. The van der Waals surface area contributed by atoms with Crippen LogP contribution in [-0.4, -0.2) is 26.2 Å². The Morgan fingerprint density at radius 1 is 1.04 bits per heavy atom. The SMILES string of the molecule is CCS(=O)(=O)c1ccccc1C(=O)NCc1ccc(COC(C)C)cc1. The molecule has 2 aromatic rings. The minimum absolute atomic E-state index is 0.0444. The Labute approximate surface area is 155 Å². The predicted molar refractivity (Wildman–Crippen MR) is 102 cm³/mol. The van der Waals surface area contributed by atoms with E-state index in [2.05, 4.69) is 5.32 Å². The normalized spacial score (nSPS) is 11.5. The molecular formula is C20H25NO4S. The van der Waals surface area contributed by atoms with Crippen molar-refractivity contribution in [1.29, 1.82) is 0 Å². The number of amides is 1. The van der Waals surface area contributed by atoms with Crippen molar-refractivity contribution in [3.05, 3.63) is 65.2 Å². The van der Waals surface area contributed by atoms with Gasteiger partial charge in [-0.25, -0.2) is 8.42 Å². The summed E-state index contributed by atoms with van der Waals surface area (Å²) in [5.74, 6) is -0.443. The Morgan fingerprint density at radius 3 is 2.27 bits per heavy atom. The van der Waals surface area contributed by atoms with Gasteiger partial charge >= 0.3 is 0 Å². The molecule has 6 heteroatoms. The zero-order valence-corrected chi connectivity index (χ0v) is 16.2. The van der Waals surface area contributed by atoms with Crippen molar-refractivity contribution in [3.8, 4) is 0 Å². The van der Waals surface area contributed by atoms with Gasteiger partial charge in [-0.2, -0.15) is 0 Å². The van der Waals surface area contributed by atoms with Crippen LogP contribution in [0.2, 0.25) is 0 Å². The number of sulfone groups is 1. The van der Waals surface area contributed by atoms with Crippen molar-refractivity contribution >= 4 is 15.7 Å². The van der Waals surface area contributed by atoms with E-state index in [4.69, 9.17) is 4.74 Å². The van der Waals surface area contributed by atoms with Crippen LogP contribution in [0.3, 0.4) is 0 Å². The van der Waals surface area contributed by atoms with E-state index in [1.165, 1.54) is 12.1 Å². The lowest BCUT2D eigenvalue weighted by atomic mass is 10.1. The van der Waals surface area contributed by atoms with Crippen LogP contribution in [-0.2, 0) is 27.7 Å². The first-order chi connectivity index (χ1) is 12.3. The van der Waals surface area contributed by atoms with Crippen molar-refractivity contribution in [1.82, 2.24) is 5.32 Å². The van der Waals surface area contributed by atoms with Gasteiger partial charge in [-0.15, -0.1) is 0 Å². The van der Waals surface area contributed by atoms with Crippen molar-refractivity contribution in [2.45, 2.75) is 44.9 Å². The van der Waals surface area contributed by atoms with Gasteiger partial charge in [0.2, 0.25) is 0 Å². The van der Waals surface area contributed by atoms with E-state index in [1.54, 1.807) is 19.1 Å². The topological polar surface area (TPSA) is 72.5 Å². The minimum atomic E-state index is -3.45. The fourth-order valence-electron chi connectivity index (χ4n) is 2.37. The summed E-state index contributed by atoms with van der Waals surface area (Å²) in [5, 5.41) is 2.79. The Balaban J connectivity index is 2.03. The van der Waals surface area contributed by atoms with Crippen LogP contribution in [0.15, 0.2) is 53.4 Å². The van der Waals surface area contributed by atoms with Gasteiger partial charge in [0.1, 0.15) is 0 Å². The van der Waals surface area contributed by atoms with E-state index < -0.39 is 15.7 Å². The van der Waals surface area contributed by atoms with Gasteiger partial charge in [0, 0.05) is 6.54 Å². The van der Waals surface area contributed by atoms with Crippen molar-refractivity contribution in [3.63, 3.8) is 0 Å². The predicted octanol–water partition coefficient (Wildman–Crippen LogP) is 3.34. The molecule has 0 aromatic heterocycles. The summed E-state index contributed by atoms with van der Waals surface area (Å²) < 4.78 is 29.9. The number of carbonyl (C=O) groups is 1. The second kappa shape index (κ2) is 8.96. The first-order valence-electron chi connectivity index (χ1n) is 8.63. The first-order valence-corrected chi connectivity index (χ1v) is 10.3. The maximum Gasteiger partial charge on any atom is 0.252 e. The van der Waals surface area contributed by atoms with Crippen LogP contribution in [0.1, 0.15) is 42.3 Å². The quantitative estimate of drug-likeness (QED) is 0.768. The molecule has 26 heavy (non-hydrogen) atoms. The van der Waals surface area contributed by atoms with E-state index in [9.17, 15) is 13.2 Å². The highest BCUT2D eigenvalue weighted by Crippen LogP contribution is 2.17. The zero-order chi connectivity index (χ0) is 19.2. The third-order valence-corrected chi connectivity index (χ3v) is 5.69. The monoisotopic (exact) mass is 375 g/mol. The molecule has 2 rings (SSSR count). The lowest BCUT2D eigenvalue weighted by Gasteiger charge is -2.11. The van der Waals surface area contributed by atoms with E-state index in [-0.39, 0.29) is 22.3 Å². The number of nitrogens with one attached hydrogen (secondary N) is 1. The summed E-state index contributed by atoms with van der Waals surface area (Å²) in [7, 11) is -3.45. The van der Waals surface area contributed by atoms with Crippen LogP contribution in [0.25, 0.3) is 0 Å². The van der Waals surface area contributed by atoms with Gasteiger partial charge in [0.15, 0.2) is 9.84 Å². The van der Waals surface area contributed by atoms with Crippen molar-refractivity contribution in [2.75, 3.05) is 5.75 Å². The van der Waals surface area contributed by atoms with E-state index >= 15 is 0 Å². The van der Waals surface area contributed by atoms with E-state index in [0.717, 1.165) is 11.1 Å². The van der Waals surface area contributed by atoms with Crippen LogP contribution in [0.5, 0.6) is 0 Å². The summed E-state index contributed by atoms with van der Waals surface area (Å²) >= 11 is 0. The highest BCUT2D eigenvalue weighted by Gasteiger charge is 2.20. The number of rotatable bonds is 8. The fourth-order valence-corrected chi connectivity index (χ4v) is 3.47. The number of hydrogen-bond acceptors (Lipinski definition) is 4. The zero-order valence-electron chi connectivity index (χ0n) is 15.4. The van der Waals surface area contributed by atoms with Gasteiger partial charge in [0.25, 0.3) is 5.91 Å². The number of ether oxygens (including phenoxy) is 1. The number of benzene rings is 2. The number of carbonyl (C=O) groups excluding carboxylic acids is 1. The maximum atomic E-state index is 12.5. The lowest BCUT2D eigenvalue weighted by molar-refractivity contribution is 0.0657. The molecule has 0 saturated heterocycles. The van der Waals surface area contributed by atoms with Crippen LogP contribution < -0.4 is 5.32 Å². The Kier molecular flexibility index (Phi) is 6.94. The molecule has 0 spiro atoms. The molecule has 140 valence electrons. The van der Waals surface area contributed by atoms with Gasteiger partial charge in [0.05, 0.1) is 28.9 Å². The van der Waals surface area contributed by atoms with Crippen molar-refractivity contribution in [2.24, 2.45) is 0 Å². The summed E-state index contributed by atoms with van der Waals surface area (Å²) in [6.45, 7) is 6.41. The Hall–Kier alpha value is -2.18. The molecule has 0 aliphatic carbocycles. The van der Waals surface area contributed by atoms with E-state index in [0.29, 0.717) is 13.2 Å². The molecule has 0 unspecified atom stereocenters. The van der Waals surface area contributed by atoms with Crippen LogP contribution in [0.4, 0.5) is 0 Å². The second-order valence-corrected chi connectivity index (χ2v) is 8.51. The van der Waals surface area contributed by atoms with Gasteiger partial charge < -0.3 is 10.1 Å². The highest BCUT2D eigenvalue weighted by atomic mass is 32.2. The maximum absolute atomic E-state index is 12.5. The van der Waals surface area contributed by atoms with Gasteiger partial charge in [-0.05, 0) is 37.1 Å². The molecule has 0 aliphatic rings. The highest BCUT2D eigenvalue weighted by molar-refractivity contribution is 7.91. The Morgan fingerprint density at radius 2 is 1.65 bits per heavy atom. The van der Waals surface area contributed by atoms with E-state index in [1.807, 2.05) is 38.1 Å². The second-order valence-electron chi connectivity index (χ2n) is 6.26. The first kappa shape index (κ1) is 20.1. The molecule has 0 saturated carbocycles. The van der Waals surface area contributed by atoms with Crippen molar-refractivity contribution < 1.29 is 17.9 Å². The molecule has 5 nitrogen and oxygen atoms in total. The average Bonchev–Trinajstić information content (AvgIpc) is 2.65. The molecule has 0 radical (unpaired) electrons. The summed E-state index contributed by atoms with van der Waals surface area (Å²) in [4.78, 5) is 12.5. The molecule has 0 atom stereocenters. The molecule has 0 fully saturated rings. The lowest BCUT2D eigenvalue weighted by Crippen LogP contribution is -2.25. The molecule has 1 N–H and O–H groups in total. The fraction of sp³-hybridized carbons (Fsp3) is 0.350. The third-order valence-electron chi connectivity index (χ3n) is 3.91. The van der Waals surface area contributed by atoms with Crippen LogP contribution >= 0.6 is 0 Å². The van der Waals surface area contributed by atoms with Gasteiger partial charge in [-0.1, -0.05) is 43.3 Å². The Bertz CT molecular complexity index is 842. The molecule has 2 aromatic carbocycles. The van der Waals surface area contributed by atoms with Gasteiger partial charge in [-0.3, -0.25) is 4.79 Å². The smallest absolute Gasteiger partial charge is 0.252 e.